The van der Waals surface area contributed by atoms with E-state index in [0.717, 1.165) is 21.8 Å². The van der Waals surface area contributed by atoms with Crippen molar-refractivity contribution in [2.75, 3.05) is 33.4 Å². The van der Waals surface area contributed by atoms with Crippen LogP contribution in [-0.4, -0.2) is 44.2 Å². The van der Waals surface area contributed by atoms with Crippen molar-refractivity contribution < 1.29 is 19.0 Å². The molecule has 0 atom stereocenters. The highest BCUT2D eigenvalue weighted by molar-refractivity contribution is 6.10. The fourth-order valence-electron chi connectivity index (χ4n) is 3.40. The van der Waals surface area contributed by atoms with Crippen molar-refractivity contribution in [2.24, 2.45) is 0 Å². The fourth-order valence-corrected chi connectivity index (χ4v) is 3.40. The van der Waals surface area contributed by atoms with Crippen LogP contribution in [0.4, 0.5) is 0 Å². The first kappa shape index (κ1) is 22.5. The minimum absolute atomic E-state index is 0. The van der Waals surface area contributed by atoms with Gasteiger partial charge in [0.05, 0.1) is 19.2 Å². The summed E-state index contributed by atoms with van der Waals surface area (Å²) in [5.41, 5.74) is 2.04. The van der Waals surface area contributed by atoms with Crippen LogP contribution < -0.4 is 19.5 Å². The Labute approximate surface area is 186 Å². The highest BCUT2D eigenvalue weighted by Gasteiger charge is 2.11. The quantitative estimate of drug-likeness (QED) is 0.358. The molecule has 0 aliphatic carbocycles. The number of benzene rings is 3. The van der Waals surface area contributed by atoms with Crippen LogP contribution in [0.3, 0.4) is 0 Å². The minimum Gasteiger partial charge on any atom is -0.493 e. The summed E-state index contributed by atoms with van der Waals surface area (Å²) in [5.74, 6) is 2.05. The number of halogens is 1. The fraction of sp³-hybridized carbons (Fsp3) is 0.208. The third kappa shape index (κ3) is 5.29. The molecule has 0 amide bonds. The molecule has 2 N–H and O–H groups in total. The van der Waals surface area contributed by atoms with Crippen molar-refractivity contribution in [3.05, 3.63) is 66.7 Å². The highest BCUT2D eigenvalue weighted by Crippen LogP contribution is 2.32. The zero-order chi connectivity index (χ0) is 20.8. The number of para-hydroxylation sites is 3. The molecule has 0 saturated carbocycles. The molecule has 0 fully saturated rings. The van der Waals surface area contributed by atoms with Gasteiger partial charge in [-0.15, -0.1) is 12.4 Å². The number of methoxy groups -OCH3 is 1. The van der Waals surface area contributed by atoms with E-state index in [1.807, 2.05) is 66.7 Å². The Balaban J connectivity index is 0.00000272. The molecule has 0 saturated heterocycles. The molecular formula is C24H25ClN2O4. The van der Waals surface area contributed by atoms with Crippen molar-refractivity contribution in [3.8, 4) is 17.2 Å². The predicted octanol–water partition coefficient (Wildman–Crippen LogP) is 4.37. The van der Waals surface area contributed by atoms with Gasteiger partial charge in [0, 0.05) is 22.8 Å². The maximum absolute atomic E-state index is 12.2. The van der Waals surface area contributed by atoms with Gasteiger partial charge in [0.1, 0.15) is 19.0 Å². The number of Topliss-reactive ketones (excluding diaryl/α,β-unsaturated/α-hetero) is 1. The number of carbonyl (C=O) groups is 1. The Hall–Kier alpha value is -3.22. The number of rotatable bonds is 10. The number of H-pyrrole nitrogens is 1. The lowest BCUT2D eigenvalue weighted by molar-refractivity contribution is -0.120. The van der Waals surface area contributed by atoms with E-state index in [1.54, 1.807) is 7.11 Å². The molecule has 0 spiro atoms. The van der Waals surface area contributed by atoms with Gasteiger partial charge in [-0.05, 0) is 30.3 Å². The molecule has 0 aliphatic rings. The molecule has 7 heteroatoms. The molecule has 1 heterocycles. The van der Waals surface area contributed by atoms with E-state index < -0.39 is 0 Å². The van der Waals surface area contributed by atoms with Gasteiger partial charge < -0.3 is 24.5 Å². The summed E-state index contributed by atoms with van der Waals surface area (Å²) in [5, 5.41) is 5.17. The molecular weight excluding hydrogens is 416 g/mol. The largest absolute Gasteiger partial charge is 0.493 e. The van der Waals surface area contributed by atoms with Crippen LogP contribution in [0.25, 0.3) is 21.8 Å². The van der Waals surface area contributed by atoms with Gasteiger partial charge in [0.25, 0.3) is 0 Å². The molecule has 162 valence electrons. The average Bonchev–Trinajstić information content (AvgIpc) is 3.17. The topological polar surface area (TPSA) is 72.6 Å². The summed E-state index contributed by atoms with van der Waals surface area (Å²) in [6.45, 7) is 1.21. The van der Waals surface area contributed by atoms with Crippen LogP contribution in [0.15, 0.2) is 66.7 Å². The number of hydrogen-bond acceptors (Lipinski definition) is 5. The van der Waals surface area contributed by atoms with E-state index in [2.05, 4.69) is 10.3 Å². The summed E-state index contributed by atoms with van der Waals surface area (Å²) in [6, 6.07) is 21.4. The Morgan fingerprint density at radius 2 is 1.58 bits per heavy atom. The number of ketones is 1. The molecule has 1 aromatic heterocycles. The van der Waals surface area contributed by atoms with E-state index in [1.165, 1.54) is 0 Å². The lowest BCUT2D eigenvalue weighted by Crippen LogP contribution is -2.30. The summed E-state index contributed by atoms with van der Waals surface area (Å²) >= 11 is 0. The van der Waals surface area contributed by atoms with E-state index in [0.29, 0.717) is 30.4 Å². The van der Waals surface area contributed by atoms with Crippen molar-refractivity contribution in [2.45, 2.75) is 0 Å². The van der Waals surface area contributed by atoms with E-state index in [9.17, 15) is 4.79 Å². The number of hydrogen-bond donors (Lipinski definition) is 2. The maximum Gasteiger partial charge on any atom is 0.183 e. The molecule has 0 aliphatic heterocycles. The lowest BCUT2D eigenvalue weighted by atomic mass is 10.1. The summed E-state index contributed by atoms with van der Waals surface area (Å²) in [4.78, 5) is 15.6. The van der Waals surface area contributed by atoms with Crippen LogP contribution in [0.2, 0.25) is 0 Å². The molecule has 6 nitrogen and oxygen atoms in total. The van der Waals surface area contributed by atoms with Gasteiger partial charge in [-0.3, -0.25) is 4.79 Å². The molecule has 0 radical (unpaired) electrons. The van der Waals surface area contributed by atoms with Gasteiger partial charge in [-0.25, -0.2) is 0 Å². The lowest BCUT2D eigenvalue weighted by Gasteiger charge is -2.11. The zero-order valence-corrected chi connectivity index (χ0v) is 18.0. The molecule has 0 bridgehead atoms. The Morgan fingerprint density at radius 1 is 0.871 bits per heavy atom. The monoisotopic (exact) mass is 440 g/mol. The standard InChI is InChI=1S/C24H24N2O4.ClH/c1-28-21-10-4-5-11-22(21)29-14-13-25-15-17(27)16-30-23-12-6-9-20-24(23)18-7-2-3-8-19(18)26-20;/h2-12,25-26H,13-16H2,1H3;1H. The summed E-state index contributed by atoms with van der Waals surface area (Å²) in [7, 11) is 1.61. The second kappa shape index (κ2) is 10.7. The smallest absolute Gasteiger partial charge is 0.183 e. The van der Waals surface area contributed by atoms with Gasteiger partial charge >= 0.3 is 0 Å². The number of ether oxygens (including phenoxy) is 3. The second-order valence-corrected chi connectivity index (χ2v) is 6.85. The van der Waals surface area contributed by atoms with Crippen molar-refractivity contribution in [1.82, 2.24) is 10.3 Å². The zero-order valence-electron chi connectivity index (χ0n) is 17.2. The Bertz CT molecular complexity index is 1160. The molecule has 4 rings (SSSR count). The van der Waals surface area contributed by atoms with Crippen LogP contribution in [-0.2, 0) is 4.79 Å². The number of nitrogens with one attached hydrogen (secondary N) is 2. The predicted molar refractivity (Wildman–Crippen MR) is 125 cm³/mol. The van der Waals surface area contributed by atoms with Gasteiger partial charge in [-0.1, -0.05) is 36.4 Å². The third-order valence-corrected chi connectivity index (χ3v) is 4.81. The van der Waals surface area contributed by atoms with Crippen LogP contribution in [0, 0.1) is 0 Å². The second-order valence-electron chi connectivity index (χ2n) is 6.85. The van der Waals surface area contributed by atoms with Crippen molar-refractivity contribution in [1.29, 1.82) is 0 Å². The SMILES string of the molecule is COc1ccccc1OCCNCC(=O)COc1cccc2[nH]c3ccccc3c12.Cl. The first-order valence-corrected chi connectivity index (χ1v) is 9.87. The molecule has 0 unspecified atom stereocenters. The molecule has 4 aromatic rings. The van der Waals surface area contributed by atoms with Gasteiger partial charge in [0.2, 0.25) is 0 Å². The molecule has 31 heavy (non-hydrogen) atoms. The van der Waals surface area contributed by atoms with E-state index >= 15 is 0 Å². The minimum atomic E-state index is -0.0239. The average molecular weight is 441 g/mol. The number of aromatic nitrogens is 1. The van der Waals surface area contributed by atoms with Crippen LogP contribution >= 0.6 is 12.4 Å². The first-order valence-electron chi connectivity index (χ1n) is 9.87. The van der Waals surface area contributed by atoms with Crippen LogP contribution in [0.5, 0.6) is 17.2 Å². The van der Waals surface area contributed by atoms with E-state index in [4.69, 9.17) is 14.2 Å². The Kier molecular flexibility index (Phi) is 7.76. The number of aromatic amines is 1. The highest BCUT2D eigenvalue weighted by atomic mass is 35.5. The normalized spacial score (nSPS) is 10.6. The number of carbonyl (C=O) groups excluding carboxylic acids is 1. The van der Waals surface area contributed by atoms with Crippen molar-refractivity contribution >= 4 is 40.0 Å². The van der Waals surface area contributed by atoms with Gasteiger partial charge in [-0.2, -0.15) is 0 Å². The first-order chi connectivity index (χ1) is 14.8. The van der Waals surface area contributed by atoms with Crippen molar-refractivity contribution in [3.63, 3.8) is 0 Å². The maximum atomic E-state index is 12.2. The Morgan fingerprint density at radius 3 is 2.42 bits per heavy atom. The summed E-state index contributed by atoms with van der Waals surface area (Å²) in [6.07, 6.45) is 0. The van der Waals surface area contributed by atoms with Crippen LogP contribution in [0.1, 0.15) is 0 Å². The third-order valence-electron chi connectivity index (χ3n) is 4.81. The number of fused-ring (bicyclic) bond motifs is 3. The summed E-state index contributed by atoms with van der Waals surface area (Å²) < 4.78 is 16.8. The van der Waals surface area contributed by atoms with Gasteiger partial charge in [0.15, 0.2) is 17.3 Å². The molecule has 3 aromatic carbocycles. The van der Waals surface area contributed by atoms with E-state index in [-0.39, 0.29) is 31.3 Å².